The van der Waals surface area contributed by atoms with Crippen LogP contribution in [0.25, 0.3) is 11.3 Å². The maximum atomic E-state index is 14.2. The van der Waals surface area contributed by atoms with Crippen LogP contribution in [-0.4, -0.2) is 45.9 Å². The minimum Gasteiger partial charge on any atom is -0.395 e. The predicted molar refractivity (Wildman–Crippen MR) is 86.6 cm³/mol. The molecule has 0 spiro atoms. The van der Waals surface area contributed by atoms with Crippen LogP contribution in [0.3, 0.4) is 0 Å². The van der Waals surface area contributed by atoms with E-state index in [1.165, 1.54) is 18.0 Å². The number of carbonyl (C=O) groups is 1. The van der Waals surface area contributed by atoms with Crippen molar-refractivity contribution in [2.75, 3.05) is 20.2 Å². The maximum absolute atomic E-state index is 14.2. The monoisotopic (exact) mass is 337 g/mol. The first-order valence-corrected chi connectivity index (χ1v) is 7.57. The fourth-order valence-electron chi connectivity index (χ4n) is 2.21. The average Bonchev–Trinajstić information content (AvgIpc) is 2.91. The Morgan fingerprint density at radius 1 is 1.33 bits per heavy atom. The molecule has 0 unspecified atom stereocenters. The molecule has 1 aromatic carbocycles. The number of rotatable bonds is 4. The highest BCUT2D eigenvalue weighted by Gasteiger charge is 2.26. The van der Waals surface area contributed by atoms with Gasteiger partial charge in [-0.1, -0.05) is 0 Å². The van der Waals surface area contributed by atoms with E-state index in [2.05, 4.69) is 5.10 Å². The Morgan fingerprint density at radius 2 is 2.00 bits per heavy atom. The quantitative estimate of drug-likeness (QED) is 0.933. The summed E-state index contributed by atoms with van der Waals surface area (Å²) in [7, 11) is 1.54. The number of amides is 1. The van der Waals surface area contributed by atoms with Crippen molar-refractivity contribution in [3.63, 3.8) is 0 Å². The third-order valence-corrected chi connectivity index (χ3v) is 3.60. The maximum Gasteiger partial charge on any atom is 0.257 e. The molecule has 2 aromatic rings. The first-order chi connectivity index (χ1) is 11.1. The highest BCUT2D eigenvalue weighted by Crippen LogP contribution is 2.28. The Kier molecular flexibility index (Phi) is 5.03. The second-order valence-electron chi connectivity index (χ2n) is 6.58. The summed E-state index contributed by atoms with van der Waals surface area (Å²) >= 11 is 0. The number of likely N-dealkylation sites (N-methyl/N-ethyl adjacent to an activating group) is 1. The number of nitrogens with zero attached hydrogens (tertiary/aromatic N) is 3. The van der Waals surface area contributed by atoms with Gasteiger partial charge in [-0.3, -0.25) is 9.48 Å². The van der Waals surface area contributed by atoms with Gasteiger partial charge in [0.2, 0.25) is 0 Å². The Hall–Kier alpha value is -2.28. The second-order valence-corrected chi connectivity index (χ2v) is 6.58. The van der Waals surface area contributed by atoms with Crippen LogP contribution < -0.4 is 0 Å². The lowest BCUT2D eigenvalue weighted by molar-refractivity contribution is 0.0767. The third kappa shape index (κ3) is 3.62. The molecule has 24 heavy (non-hydrogen) atoms. The minimum atomic E-state index is -0.784. The van der Waals surface area contributed by atoms with Gasteiger partial charge in [0.15, 0.2) is 0 Å². The molecule has 2 rings (SSSR count). The first kappa shape index (κ1) is 18.1. The van der Waals surface area contributed by atoms with Crippen LogP contribution >= 0.6 is 0 Å². The van der Waals surface area contributed by atoms with Crippen LogP contribution in [0.4, 0.5) is 8.78 Å². The minimum absolute atomic E-state index is 0.0557. The summed E-state index contributed by atoms with van der Waals surface area (Å²) < 4.78 is 28.9. The van der Waals surface area contributed by atoms with Crippen LogP contribution in [0.15, 0.2) is 24.4 Å². The summed E-state index contributed by atoms with van der Waals surface area (Å²) in [5, 5.41) is 13.4. The van der Waals surface area contributed by atoms with Gasteiger partial charge in [-0.05, 0) is 32.9 Å². The summed E-state index contributed by atoms with van der Waals surface area (Å²) in [6, 6.07) is 3.15. The Morgan fingerprint density at radius 3 is 2.54 bits per heavy atom. The van der Waals surface area contributed by atoms with E-state index in [1.54, 1.807) is 10.9 Å². The Labute approximate surface area is 139 Å². The topological polar surface area (TPSA) is 58.4 Å². The molecule has 1 heterocycles. The summed E-state index contributed by atoms with van der Waals surface area (Å²) in [5.74, 6) is -1.87. The molecule has 1 N–H and O–H groups in total. The van der Waals surface area contributed by atoms with Gasteiger partial charge >= 0.3 is 0 Å². The van der Waals surface area contributed by atoms with Crippen molar-refractivity contribution in [3.8, 4) is 11.3 Å². The van der Waals surface area contributed by atoms with Crippen LogP contribution in [0.2, 0.25) is 0 Å². The standard InChI is InChI=1S/C17H21F2N3O2/c1-17(2,3)22-10-13(16(24)21(4)7-8-23)15(20-22)12-6-5-11(18)9-14(12)19/h5-6,9-10,23H,7-8H2,1-4H3. The van der Waals surface area contributed by atoms with Gasteiger partial charge in [0, 0.05) is 31.4 Å². The normalized spacial score (nSPS) is 11.6. The molecule has 0 fully saturated rings. The molecule has 1 amide bonds. The van der Waals surface area contributed by atoms with Crippen LogP contribution in [0.1, 0.15) is 31.1 Å². The zero-order chi connectivity index (χ0) is 18.1. The largest absolute Gasteiger partial charge is 0.395 e. The van der Waals surface area contributed by atoms with Crippen LogP contribution in [0, 0.1) is 11.6 Å². The molecule has 0 saturated heterocycles. The molecule has 0 aliphatic heterocycles. The van der Waals surface area contributed by atoms with Gasteiger partial charge in [-0.2, -0.15) is 5.10 Å². The number of benzene rings is 1. The summed E-state index contributed by atoms with van der Waals surface area (Å²) in [5.41, 5.74) is -0.0111. The van der Waals surface area contributed by atoms with Gasteiger partial charge in [0.05, 0.1) is 17.7 Å². The number of aromatic nitrogens is 2. The zero-order valence-corrected chi connectivity index (χ0v) is 14.2. The molecule has 0 saturated carbocycles. The highest BCUT2D eigenvalue weighted by atomic mass is 19.1. The predicted octanol–water partition coefficient (Wildman–Crippen LogP) is 2.65. The van der Waals surface area contributed by atoms with Crippen molar-refractivity contribution in [3.05, 3.63) is 41.6 Å². The fraction of sp³-hybridized carbons (Fsp3) is 0.412. The van der Waals surface area contributed by atoms with Crippen molar-refractivity contribution in [1.29, 1.82) is 0 Å². The van der Waals surface area contributed by atoms with Gasteiger partial charge in [-0.25, -0.2) is 8.78 Å². The lowest BCUT2D eigenvalue weighted by Gasteiger charge is -2.19. The molecule has 0 bridgehead atoms. The fourth-order valence-corrected chi connectivity index (χ4v) is 2.21. The van der Waals surface area contributed by atoms with Crippen molar-refractivity contribution in [2.24, 2.45) is 0 Å². The van der Waals surface area contributed by atoms with Crippen molar-refractivity contribution in [1.82, 2.24) is 14.7 Å². The lowest BCUT2D eigenvalue weighted by Crippen LogP contribution is -2.29. The number of aliphatic hydroxyl groups excluding tert-OH is 1. The zero-order valence-electron chi connectivity index (χ0n) is 14.2. The van der Waals surface area contributed by atoms with E-state index in [1.807, 2.05) is 20.8 Å². The molecule has 0 aliphatic rings. The summed E-state index contributed by atoms with van der Waals surface area (Å²) in [6.45, 7) is 5.66. The molecule has 7 heteroatoms. The first-order valence-electron chi connectivity index (χ1n) is 7.57. The smallest absolute Gasteiger partial charge is 0.257 e. The van der Waals surface area contributed by atoms with Crippen LogP contribution in [-0.2, 0) is 5.54 Å². The molecular formula is C17H21F2N3O2. The number of aliphatic hydroxyl groups is 1. The van der Waals surface area contributed by atoms with Gasteiger partial charge in [-0.15, -0.1) is 0 Å². The highest BCUT2D eigenvalue weighted by molar-refractivity contribution is 5.99. The molecule has 0 aliphatic carbocycles. The number of hydrogen-bond acceptors (Lipinski definition) is 3. The molecule has 5 nitrogen and oxygen atoms in total. The molecule has 1 aromatic heterocycles. The second kappa shape index (κ2) is 6.68. The van der Waals surface area contributed by atoms with E-state index >= 15 is 0 Å². The Balaban J connectivity index is 2.60. The summed E-state index contributed by atoms with van der Waals surface area (Å²) in [4.78, 5) is 13.9. The summed E-state index contributed by atoms with van der Waals surface area (Å²) in [6.07, 6.45) is 1.55. The van der Waals surface area contributed by atoms with Crippen molar-refractivity contribution in [2.45, 2.75) is 26.3 Å². The third-order valence-electron chi connectivity index (χ3n) is 3.60. The molecular weight excluding hydrogens is 316 g/mol. The number of carbonyl (C=O) groups excluding carboxylic acids is 1. The van der Waals surface area contributed by atoms with Crippen LogP contribution in [0.5, 0.6) is 0 Å². The van der Waals surface area contributed by atoms with Gasteiger partial charge in [0.1, 0.15) is 17.3 Å². The van der Waals surface area contributed by atoms with E-state index < -0.39 is 23.1 Å². The average molecular weight is 337 g/mol. The van der Waals surface area contributed by atoms with Crippen molar-refractivity contribution >= 4 is 5.91 Å². The van der Waals surface area contributed by atoms with E-state index in [-0.39, 0.29) is 30.0 Å². The lowest BCUT2D eigenvalue weighted by atomic mass is 10.1. The number of halogens is 2. The molecule has 0 atom stereocenters. The Bertz CT molecular complexity index is 751. The number of hydrogen-bond donors (Lipinski definition) is 1. The van der Waals surface area contributed by atoms with E-state index in [9.17, 15) is 13.6 Å². The SMILES string of the molecule is CN(CCO)C(=O)c1cn(C(C)(C)C)nc1-c1ccc(F)cc1F. The van der Waals surface area contributed by atoms with Gasteiger partial charge in [0.25, 0.3) is 5.91 Å². The van der Waals surface area contributed by atoms with E-state index in [0.29, 0.717) is 0 Å². The van der Waals surface area contributed by atoms with Crippen molar-refractivity contribution < 1.29 is 18.7 Å². The molecule has 130 valence electrons. The van der Waals surface area contributed by atoms with E-state index in [0.717, 1.165) is 12.1 Å². The van der Waals surface area contributed by atoms with E-state index in [4.69, 9.17) is 5.11 Å². The molecule has 0 radical (unpaired) electrons. The van der Waals surface area contributed by atoms with Gasteiger partial charge < -0.3 is 10.0 Å².